The number of nitrogens with zero attached hydrogens (tertiary/aromatic N) is 2. The lowest BCUT2D eigenvalue weighted by Gasteiger charge is -2.34. The lowest BCUT2D eigenvalue weighted by molar-refractivity contribution is -0.137. The van der Waals surface area contributed by atoms with E-state index in [4.69, 9.17) is 5.11 Å². The number of nitrogens with one attached hydrogen (secondary N) is 1. The number of aromatic nitrogens is 1. The summed E-state index contributed by atoms with van der Waals surface area (Å²) in [5, 5.41) is 8.61. The summed E-state index contributed by atoms with van der Waals surface area (Å²) in [4.78, 5) is 29.3. The van der Waals surface area contributed by atoms with Gasteiger partial charge in [-0.3, -0.25) is 14.5 Å². The molecule has 1 saturated heterocycles. The number of hydrogen-bond acceptors (Lipinski definition) is 3. The van der Waals surface area contributed by atoms with Crippen molar-refractivity contribution in [3.05, 3.63) is 24.0 Å². The van der Waals surface area contributed by atoms with Crippen molar-refractivity contribution in [1.82, 2.24) is 14.8 Å². The molecule has 0 unspecified atom stereocenters. The molecule has 0 spiro atoms. The van der Waals surface area contributed by atoms with E-state index in [1.165, 1.54) is 0 Å². The molecule has 0 bridgehead atoms. The van der Waals surface area contributed by atoms with Crippen molar-refractivity contribution >= 4 is 11.9 Å². The second kappa shape index (κ2) is 5.68. The monoisotopic (exact) mass is 251 g/mol. The van der Waals surface area contributed by atoms with Crippen LogP contribution in [0.3, 0.4) is 0 Å². The molecule has 1 fully saturated rings. The standard InChI is InChI=1S/C12H17N3O3/c16-11(17)2-4-14-5-7-15(8-6-14)12(18)10-1-3-13-9-10/h1,3,9,13H,2,4-8H2,(H,16,17). The zero-order valence-electron chi connectivity index (χ0n) is 10.1. The topological polar surface area (TPSA) is 76.6 Å². The first kappa shape index (κ1) is 12.6. The average molecular weight is 251 g/mol. The molecule has 0 aromatic carbocycles. The van der Waals surface area contributed by atoms with E-state index in [1.54, 1.807) is 23.4 Å². The van der Waals surface area contributed by atoms with E-state index in [9.17, 15) is 9.59 Å². The summed E-state index contributed by atoms with van der Waals surface area (Å²) in [6.45, 7) is 3.35. The minimum Gasteiger partial charge on any atom is -0.481 e. The van der Waals surface area contributed by atoms with Crippen molar-refractivity contribution < 1.29 is 14.7 Å². The fourth-order valence-corrected chi connectivity index (χ4v) is 2.07. The fraction of sp³-hybridized carbons (Fsp3) is 0.500. The Morgan fingerprint density at radius 3 is 2.56 bits per heavy atom. The van der Waals surface area contributed by atoms with E-state index in [0.29, 0.717) is 25.2 Å². The number of rotatable bonds is 4. The maximum Gasteiger partial charge on any atom is 0.304 e. The number of piperazine rings is 1. The summed E-state index contributed by atoms with van der Waals surface area (Å²) < 4.78 is 0. The van der Waals surface area contributed by atoms with E-state index in [0.717, 1.165) is 13.1 Å². The molecule has 1 aliphatic rings. The molecule has 98 valence electrons. The van der Waals surface area contributed by atoms with Gasteiger partial charge in [0.05, 0.1) is 12.0 Å². The number of hydrogen-bond donors (Lipinski definition) is 2. The fourth-order valence-electron chi connectivity index (χ4n) is 2.07. The van der Waals surface area contributed by atoms with E-state index in [2.05, 4.69) is 9.88 Å². The molecule has 0 radical (unpaired) electrons. The number of aliphatic carboxylic acids is 1. The zero-order valence-corrected chi connectivity index (χ0v) is 10.1. The number of carbonyl (C=O) groups is 2. The molecule has 18 heavy (non-hydrogen) atoms. The predicted octanol–water partition coefficient (Wildman–Crippen LogP) is 0.247. The predicted molar refractivity (Wildman–Crippen MR) is 65.4 cm³/mol. The van der Waals surface area contributed by atoms with Gasteiger partial charge in [-0.15, -0.1) is 0 Å². The van der Waals surface area contributed by atoms with Crippen LogP contribution in [-0.2, 0) is 4.79 Å². The second-order valence-corrected chi connectivity index (χ2v) is 4.38. The van der Waals surface area contributed by atoms with Crippen LogP contribution in [0.1, 0.15) is 16.8 Å². The highest BCUT2D eigenvalue weighted by molar-refractivity contribution is 5.94. The average Bonchev–Trinajstić information content (AvgIpc) is 2.90. The Hall–Kier alpha value is -1.82. The highest BCUT2D eigenvalue weighted by atomic mass is 16.4. The van der Waals surface area contributed by atoms with Crippen LogP contribution in [0.5, 0.6) is 0 Å². The summed E-state index contributed by atoms with van der Waals surface area (Å²) >= 11 is 0. The molecule has 6 heteroatoms. The molecule has 2 heterocycles. The van der Waals surface area contributed by atoms with Gasteiger partial charge >= 0.3 is 5.97 Å². The largest absolute Gasteiger partial charge is 0.481 e. The van der Waals surface area contributed by atoms with Crippen LogP contribution >= 0.6 is 0 Å². The van der Waals surface area contributed by atoms with Gasteiger partial charge in [0.25, 0.3) is 5.91 Å². The summed E-state index contributed by atoms with van der Waals surface area (Å²) in [7, 11) is 0. The maximum atomic E-state index is 12.0. The smallest absolute Gasteiger partial charge is 0.304 e. The molecule has 1 aromatic heterocycles. The Bertz CT molecular complexity index is 408. The van der Waals surface area contributed by atoms with Crippen molar-refractivity contribution in [2.45, 2.75) is 6.42 Å². The Balaban J connectivity index is 1.80. The van der Waals surface area contributed by atoms with E-state index < -0.39 is 5.97 Å². The zero-order chi connectivity index (χ0) is 13.0. The first-order valence-electron chi connectivity index (χ1n) is 6.03. The van der Waals surface area contributed by atoms with Crippen molar-refractivity contribution in [3.63, 3.8) is 0 Å². The highest BCUT2D eigenvalue weighted by Crippen LogP contribution is 2.08. The molecular formula is C12H17N3O3. The lowest BCUT2D eigenvalue weighted by Crippen LogP contribution is -2.49. The molecule has 2 N–H and O–H groups in total. The Labute approximate surface area is 105 Å². The van der Waals surface area contributed by atoms with E-state index in [-0.39, 0.29) is 12.3 Å². The number of carboxylic acids is 1. The second-order valence-electron chi connectivity index (χ2n) is 4.38. The van der Waals surface area contributed by atoms with Gasteiger partial charge in [-0.25, -0.2) is 0 Å². The van der Waals surface area contributed by atoms with Gasteiger partial charge in [-0.1, -0.05) is 0 Å². The third-order valence-corrected chi connectivity index (χ3v) is 3.15. The summed E-state index contributed by atoms with van der Waals surface area (Å²) in [6, 6.07) is 1.76. The molecule has 6 nitrogen and oxygen atoms in total. The van der Waals surface area contributed by atoms with Gasteiger partial charge in [0.2, 0.25) is 0 Å². The summed E-state index contributed by atoms with van der Waals surface area (Å²) in [5.74, 6) is -0.741. The lowest BCUT2D eigenvalue weighted by atomic mass is 10.2. The van der Waals surface area contributed by atoms with Crippen LogP contribution in [0.15, 0.2) is 18.5 Å². The van der Waals surface area contributed by atoms with Gasteiger partial charge in [-0.2, -0.15) is 0 Å². The Kier molecular flexibility index (Phi) is 3.99. The van der Waals surface area contributed by atoms with Crippen LogP contribution in [0.4, 0.5) is 0 Å². The van der Waals surface area contributed by atoms with Crippen LogP contribution in [0.25, 0.3) is 0 Å². The van der Waals surface area contributed by atoms with Gasteiger partial charge in [0.1, 0.15) is 0 Å². The minimum atomic E-state index is -0.777. The van der Waals surface area contributed by atoms with Crippen molar-refractivity contribution in [2.24, 2.45) is 0 Å². The molecule has 1 amide bonds. The molecule has 1 aromatic rings. The van der Waals surface area contributed by atoms with Crippen molar-refractivity contribution in [3.8, 4) is 0 Å². The van der Waals surface area contributed by atoms with Gasteiger partial charge < -0.3 is 15.0 Å². The van der Waals surface area contributed by atoms with E-state index in [1.807, 2.05) is 0 Å². The molecular weight excluding hydrogens is 234 g/mol. The number of amides is 1. The van der Waals surface area contributed by atoms with Crippen molar-refractivity contribution in [1.29, 1.82) is 0 Å². The van der Waals surface area contributed by atoms with Crippen molar-refractivity contribution in [2.75, 3.05) is 32.7 Å². The Morgan fingerprint density at radius 2 is 2.00 bits per heavy atom. The van der Waals surface area contributed by atoms with E-state index >= 15 is 0 Å². The number of carboxylic acid groups (broad SMARTS) is 1. The third kappa shape index (κ3) is 3.10. The summed E-state index contributed by atoms with van der Waals surface area (Å²) in [6.07, 6.45) is 3.58. The number of aromatic amines is 1. The Morgan fingerprint density at radius 1 is 1.28 bits per heavy atom. The molecule has 1 aliphatic heterocycles. The normalized spacial score (nSPS) is 16.8. The maximum absolute atomic E-state index is 12.0. The molecule has 0 atom stereocenters. The highest BCUT2D eigenvalue weighted by Gasteiger charge is 2.22. The molecule has 0 aliphatic carbocycles. The summed E-state index contributed by atoms with van der Waals surface area (Å²) in [5.41, 5.74) is 0.675. The third-order valence-electron chi connectivity index (χ3n) is 3.15. The van der Waals surface area contributed by atoms with Crippen LogP contribution in [-0.4, -0.2) is 64.5 Å². The van der Waals surface area contributed by atoms with Crippen LogP contribution < -0.4 is 0 Å². The molecule has 2 rings (SSSR count). The van der Waals surface area contributed by atoms with Crippen LogP contribution in [0.2, 0.25) is 0 Å². The van der Waals surface area contributed by atoms with Gasteiger partial charge in [-0.05, 0) is 6.07 Å². The van der Waals surface area contributed by atoms with Gasteiger partial charge in [0, 0.05) is 45.1 Å². The van der Waals surface area contributed by atoms with Crippen LogP contribution in [0, 0.1) is 0 Å². The SMILES string of the molecule is O=C(O)CCN1CCN(C(=O)c2cc[nH]c2)CC1. The van der Waals surface area contributed by atoms with Gasteiger partial charge in [0.15, 0.2) is 0 Å². The first-order valence-corrected chi connectivity index (χ1v) is 6.03. The number of carbonyl (C=O) groups excluding carboxylic acids is 1. The minimum absolute atomic E-state index is 0.0362. The molecule has 0 saturated carbocycles. The first-order chi connectivity index (χ1) is 8.66. The number of H-pyrrole nitrogens is 1. The quantitative estimate of drug-likeness (QED) is 0.804.